The van der Waals surface area contributed by atoms with Crippen LogP contribution in [0.15, 0.2) is 12.1 Å². The molecule has 0 aromatic carbocycles. The standard InChI is InChI=1S/C9H11NO2/c1-3-7-4-5-9(12-2)8(6-11)10-7/h4-6H,3H2,1-2H3. The van der Waals surface area contributed by atoms with E-state index in [2.05, 4.69) is 4.98 Å². The van der Waals surface area contributed by atoms with Crippen LogP contribution in [0.2, 0.25) is 0 Å². The maximum atomic E-state index is 10.5. The van der Waals surface area contributed by atoms with E-state index >= 15 is 0 Å². The summed E-state index contributed by atoms with van der Waals surface area (Å²) < 4.78 is 4.94. The zero-order valence-corrected chi connectivity index (χ0v) is 7.20. The molecular weight excluding hydrogens is 154 g/mol. The SMILES string of the molecule is CCc1ccc(OC)c(C=O)n1. The Bertz CT molecular complexity index is 284. The first-order valence-corrected chi connectivity index (χ1v) is 3.81. The van der Waals surface area contributed by atoms with Crippen LogP contribution >= 0.6 is 0 Å². The summed E-state index contributed by atoms with van der Waals surface area (Å²) in [7, 11) is 1.52. The third kappa shape index (κ3) is 1.61. The second kappa shape index (κ2) is 3.85. The van der Waals surface area contributed by atoms with Crippen LogP contribution in [-0.2, 0) is 6.42 Å². The van der Waals surface area contributed by atoms with Gasteiger partial charge in [0.1, 0.15) is 11.4 Å². The lowest BCUT2D eigenvalue weighted by atomic mass is 10.2. The van der Waals surface area contributed by atoms with E-state index in [1.807, 2.05) is 13.0 Å². The number of methoxy groups -OCH3 is 1. The molecule has 0 fully saturated rings. The Hall–Kier alpha value is -1.38. The molecule has 0 N–H and O–H groups in total. The molecule has 0 aliphatic rings. The van der Waals surface area contributed by atoms with Gasteiger partial charge < -0.3 is 4.74 Å². The van der Waals surface area contributed by atoms with Crippen LogP contribution in [0.3, 0.4) is 0 Å². The Kier molecular flexibility index (Phi) is 2.80. The van der Waals surface area contributed by atoms with E-state index in [-0.39, 0.29) is 0 Å². The Labute approximate surface area is 71.4 Å². The van der Waals surface area contributed by atoms with Crippen molar-refractivity contribution in [3.8, 4) is 5.75 Å². The molecule has 3 heteroatoms. The summed E-state index contributed by atoms with van der Waals surface area (Å²) in [6.07, 6.45) is 1.53. The van der Waals surface area contributed by atoms with Gasteiger partial charge in [0, 0.05) is 5.69 Å². The van der Waals surface area contributed by atoms with E-state index in [9.17, 15) is 4.79 Å². The molecule has 0 atom stereocenters. The third-order valence-electron chi connectivity index (χ3n) is 1.64. The number of nitrogens with zero attached hydrogens (tertiary/aromatic N) is 1. The summed E-state index contributed by atoms with van der Waals surface area (Å²) in [5.74, 6) is 0.530. The van der Waals surface area contributed by atoms with Crippen LogP contribution in [0.1, 0.15) is 23.1 Å². The number of carbonyl (C=O) groups excluding carboxylic acids is 1. The topological polar surface area (TPSA) is 39.2 Å². The van der Waals surface area contributed by atoms with Crippen molar-refractivity contribution in [2.24, 2.45) is 0 Å². The molecule has 12 heavy (non-hydrogen) atoms. The van der Waals surface area contributed by atoms with Gasteiger partial charge in [0.25, 0.3) is 0 Å². The van der Waals surface area contributed by atoms with Crippen LogP contribution in [0.25, 0.3) is 0 Å². The highest BCUT2D eigenvalue weighted by Crippen LogP contribution is 2.14. The number of hydrogen-bond acceptors (Lipinski definition) is 3. The summed E-state index contributed by atoms with van der Waals surface area (Å²) in [4.78, 5) is 14.6. The number of aldehydes is 1. The van der Waals surface area contributed by atoms with E-state index < -0.39 is 0 Å². The molecule has 0 aliphatic carbocycles. The molecule has 0 spiro atoms. The molecule has 1 aromatic heterocycles. The highest BCUT2D eigenvalue weighted by Gasteiger charge is 2.02. The second-order valence-corrected chi connectivity index (χ2v) is 2.36. The molecule has 1 aromatic rings. The molecule has 0 unspecified atom stereocenters. The van der Waals surface area contributed by atoms with Crippen molar-refractivity contribution in [1.82, 2.24) is 4.98 Å². The minimum Gasteiger partial charge on any atom is -0.494 e. The fourth-order valence-corrected chi connectivity index (χ4v) is 0.958. The lowest BCUT2D eigenvalue weighted by molar-refractivity contribution is 0.111. The van der Waals surface area contributed by atoms with E-state index in [1.54, 1.807) is 6.07 Å². The number of hydrogen-bond donors (Lipinski definition) is 0. The molecular formula is C9H11NO2. The van der Waals surface area contributed by atoms with Gasteiger partial charge >= 0.3 is 0 Å². The number of pyridine rings is 1. The van der Waals surface area contributed by atoms with Crippen LogP contribution in [0.5, 0.6) is 5.75 Å². The van der Waals surface area contributed by atoms with Crippen LogP contribution in [-0.4, -0.2) is 18.4 Å². The van der Waals surface area contributed by atoms with E-state index in [4.69, 9.17) is 4.74 Å². The normalized spacial score (nSPS) is 9.50. The first kappa shape index (κ1) is 8.71. The molecule has 0 radical (unpaired) electrons. The van der Waals surface area contributed by atoms with E-state index in [0.29, 0.717) is 17.7 Å². The Morgan fingerprint density at radius 3 is 2.83 bits per heavy atom. The number of rotatable bonds is 3. The minimum atomic E-state index is 0.372. The summed E-state index contributed by atoms with van der Waals surface area (Å²) in [6.45, 7) is 1.99. The Morgan fingerprint density at radius 1 is 1.58 bits per heavy atom. The maximum absolute atomic E-state index is 10.5. The largest absolute Gasteiger partial charge is 0.494 e. The second-order valence-electron chi connectivity index (χ2n) is 2.36. The third-order valence-corrected chi connectivity index (χ3v) is 1.64. The van der Waals surface area contributed by atoms with Crippen molar-refractivity contribution in [2.75, 3.05) is 7.11 Å². The first-order valence-electron chi connectivity index (χ1n) is 3.81. The number of ether oxygens (including phenoxy) is 1. The van der Waals surface area contributed by atoms with Crippen molar-refractivity contribution >= 4 is 6.29 Å². The highest BCUT2D eigenvalue weighted by molar-refractivity contribution is 5.76. The monoisotopic (exact) mass is 165 g/mol. The molecule has 1 heterocycles. The summed E-state index contributed by atoms with van der Waals surface area (Å²) in [5, 5.41) is 0. The zero-order valence-electron chi connectivity index (χ0n) is 7.20. The first-order chi connectivity index (χ1) is 5.81. The fourth-order valence-electron chi connectivity index (χ4n) is 0.958. The van der Waals surface area contributed by atoms with Crippen molar-refractivity contribution in [3.63, 3.8) is 0 Å². The van der Waals surface area contributed by atoms with Gasteiger partial charge in [0.2, 0.25) is 0 Å². The van der Waals surface area contributed by atoms with Gasteiger partial charge in [-0.15, -0.1) is 0 Å². The average Bonchev–Trinajstić information content (AvgIpc) is 2.16. The Balaban J connectivity index is 3.10. The minimum absolute atomic E-state index is 0.372. The number of aromatic nitrogens is 1. The molecule has 64 valence electrons. The van der Waals surface area contributed by atoms with Gasteiger partial charge in [-0.25, -0.2) is 4.98 Å². The maximum Gasteiger partial charge on any atom is 0.172 e. The van der Waals surface area contributed by atoms with Gasteiger partial charge in [-0.3, -0.25) is 4.79 Å². The van der Waals surface area contributed by atoms with E-state index in [1.165, 1.54) is 7.11 Å². The summed E-state index contributed by atoms with van der Waals surface area (Å²) >= 11 is 0. The summed E-state index contributed by atoms with van der Waals surface area (Å²) in [5.41, 5.74) is 1.27. The highest BCUT2D eigenvalue weighted by atomic mass is 16.5. The van der Waals surface area contributed by atoms with Gasteiger partial charge in [-0.2, -0.15) is 0 Å². The molecule has 0 saturated heterocycles. The van der Waals surface area contributed by atoms with Gasteiger partial charge in [-0.05, 0) is 18.6 Å². The van der Waals surface area contributed by atoms with Crippen molar-refractivity contribution in [3.05, 3.63) is 23.5 Å². The molecule has 0 bridgehead atoms. The van der Waals surface area contributed by atoms with Crippen molar-refractivity contribution < 1.29 is 9.53 Å². The van der Waals surface area contributed by atoms with Crippen molar-refractivity contribution in [1.29, 1.82) is 0 Å². The van der Waals surface area contributed by atoms with Crippen LogP contribution < -0.4 is 4.74 Å². The fraction of sp³-hybridized carbons (Fsp3) is 0.333. The molecule has 0 amide bonds. The van der Waals surface area contributed by atoms with Gasteiger partial charge in [0.05, 0.1) is 7.11 Å². The smallest absolute Gasteiger partial charge is 0.172 e. The van der Waals surface area contributed by atoms with Gasteiger partial charge in [-0.1, -0.05) is 6.92 Å². The zero-order chi connectivity index (χ0) is 8.97. The number of aryl methyl sites for hydroxylation is 1. The van der Waals surface area contributed by atoms with Crippen molar-refractivity contribution in [2.45, 2.75) is 13.3 Å². The predicted octanol–water partition coefficient (Wildman–Crippen LogP) is 1.47. The average molecular weight is 165 g/mol. The molecule has 3 nitrogen and oxygen atoms in total. The number of carbonyl (C=O) groups is 1. The lowest BCUT2D eigenvalue weighted by Crippen LogP contribution is -1.97. The van der Waals surface area contributed by atoms with Crippen LogP contribution in [0.4, 0.5) is 0 Å². The predicted molar refractivity (Wildman–Crippen MR) is 45.6 cm³/mol. The molecule has 0 aliphatic heterocycles. The molecule has 1 rings (SSSR count). The Morgan fingerprint density at radius 2 is 2.33 bits per heavy atom. The molecule has 0 saturated carbocycles. The quantitative estimate of drug-likeness (QED) is 0.636. The van der Waals surface area contributed by atoms with Gasteiger partial charge in [0.15, 0.2) is 6.29 Å². The lowest BCUT2D eigenvalue weighted by Gasteiger charge is -2.03. The summed E-state index contributed by atoms with van der Waals surface area (Å²) in [6, 6.07) is 3.61. The van der Waals surface area contributed by atoms with Crippen LogP contribution in [0, 0.1) is 0 Å². The van der Waals surface area contributed by atoms with E-state index in [0.717, 1.165) is 12.1 Å².